The van der Waals surface area contributed by atoms with Crippen LogP contribution in [0.15, 0.2) is 28.5 Å². The van der Waals surface area contributed by atoms with Gasteiger partial charge in [-0.25, -0.2) is 13.2 Å². The fourth-order valence-corrected chi connectivity index (χ4v) is 4.35. The van der Waals surface area contributed by atoms with Crippen LogP contribution in [0.1, 0.15) is 15.2 Å². The van der Waals surface area contributed by atoms with Gasteiger partial charge in [0.1, 0.15) is 4.21 Å². The molecule has 9 heteroatoms. The zero-order valence-corrected chi connectivity index (χ0v) is 15.2. The van der Waals surface area contributed by atoms with Gasteiger partial charge in [0.2, 0.25) is 0 Å². The second-order valence-corrected chi connectivity index (χ2v) is 7.91. The summed E-state index contributed by atoms with van der Waals surface area (Å²) in [5.41, 5.74) is 0.0672. The molecule has 1 aromatic heterocycles. The van der Waals surface area contributed by atoms with Crippen LogP contribution in [0.4, 0.5) is 5.69 Å². The van der Waals surface area contributed by atoms with Crippen LogP contribution in [0.2, 0.25) is 0 Å². The average molecular weight is 371 g/mol. The zero-order valence-electron chi connectivity index (χ0n) is 13.6. The van der Waals surface area contributed by atoms with Gasteiger partial charge in [0.15, 0.2) is 11.5 Å². The molecule has 130 valence electrons. The molecule has 0 aliphatic carbocycles. The third-order valence-electron chi connectivity index (χ3n) is 3.15. The van der Waals surface area contributed by atoms with E-state index in [-0.39, 0.29) is 27.0 Å². The first kappa shape index (κ1) is 18.1. The molecule has 0 atom stereocenters. The second-order valence-electron chi connectivity index (χ2n) is 4.71. The van der Waals surface area contributed by atoms with Crippen LogP contribution in [-0.2, 0) is 14.8 Å². The first-order valence-electron chi connectivity index (χ1n) is 6.76. The van der Waals surface area contributed by atoms with Crippen molar-refractivity contribution < 1.29 is 27.4 Å². The number of carbonyl (C=O) groups is 1. The van der Waals surface area contributed by atoms with Crippen LogP contribution in [0, 0.1) is 6.92 Å². The SMILES string of the molecule is COC(=O)c1cc(OC)c(OC)cc1NS(=O)(=O)c1ccc(C)s1. The van der Waals surface area contributed by atoms with Crippen molar-refractivity contribution in [3.05, 3.63) is 34.7 Å². The van der Waals surface area contributed by atoms with Gasteiger partial charge in [-0.1, -0.05) is 0 Å². The molecule has 1 aromatic carbocycles. The Bertz CT molecular complexity index is 857. The molecule has 7 nitrogen and oxygen atoms in total. The Labute approximate surface area is 144 Å². The minimum Gasteiger partial charge on any atom is -0.493 e. The van der Waals surface area contributed by atoms with Gasteiger partial charge in [0.05, 0.1) is 32.6 Å². The molecule has 0 radical (unpaired) electrons. The summed E-state index contributed by atoms with van der Waals surface area (Å²) in [6.45, 7) is 1.81. The van der Waals surface area contributed by atoms with Crippen LogP contribution in [0.3, 0.4) is 0 Å². The monoisotopic (exact) mass is 371 g/mol. The van der Waals surface area contributed by atoms with Crippen molar-refractivity contribution in [3.63, 3.8) is 0 Å². The lowest BCUT2D eigenvalue weighted by Crippen LogP contribution is -2.15. The van der Waals surface area contributed by atoms with Crippen molar-refractivity contribution in [3.8, 4) is 11.5 Å². The van der Waals surface area contributed by atoms with Crippen molar-refractivity contribution >= 4 is 33.0 Å². The number of sulfonamides is 1. The predicted octanol–water partition coefficient (Wildman–Crippen LogP) is 2.66. The molecular formula is C15H17NO6S2. The Kier molecular flexibility index (Phi) is 5.35. The highest BCUT2D eigenvalue weighted by atomic mass is 32.2. The number of thiophene rings is 1. The van der Waals surface area contributed by atoms with Crippen LogP contribution < -0.4 is 14.2 Å². The molecule has 1 N–H and O–H groups in total. The Morgan fingerprint density at radius 1 is 1.08 bits per heavy atom. The number of hydrogen-bond donors (Lipinski definition) is 1. The molecule has 0 amide bonds. The van der Waals surface area contributed by atoms with E-state index in [0.717, 1.165) is 16.2 Å². The topological polar surface area (TPSA) is 90.9 Å². The number of benzene rings is 1. The Morgan fingerprint density at radius 2 is 1.71 bits per heavy atom. The number of carbonyl (C=O) groups excluding carboxylic acids is 1. The van der Waals surface area contributed by atoms with E-state index in [1.54, 1.807) is 13.0 Å². The summed E-state index contributed by atoms with van der Waals surface area (Å²) in [5, 5.41) is 0. The Balaban J connectivity index is 2.53. The third-order valence-corrected chi connectivity index (χ3v) is 6.01. The Hall–Kier alpha value is -2.26. The summed E-state index contributed by atoms with van der Waals surface area (Å²) < 4.78 is 42.6. The number of esters is 1. The second kappa shape index (κ2) is 7.10. The van der Waals surface area contributed by atoms with Gasteiger partial charge in [0, 0.05) is 17.0 Å². The van der Waals surface area contributed by atoms with E-state index in [9.17, 15) is 13.2 Å². The molecule has 0 spiro atoms. The predicted molar refractivity (Wildman–Crippen MR) is 90.8 cm³/mol. The fraction of sp³-hybridized carbons (Fsp3) is 0.267. The number of anilines is 1. The lowest BCUT2D eigenvalue weighted by atomic mass is 10.1. The summed E-state index contributed by atoms with van der Waals surface area (Å²) in [6, 6.07) is 5.95. The molecule has 2 aromatic rings. The molecule has 0 saturated carbocycles. The van der Waals surface area contributed by atoms with Crippen molar-refractivity contribution in [2.45, 2.75) is 11.1 Å². The van der Waals surface area contributed by atoms with E-state index in [1.165, 1.54) is 39.5 Å². The Morgan fingerprint density at radius 3 is 2.21 bits per heavy atom. The summed E-state index contributed by atoms with van der Waals surface area (Å²) in [6.07, 6.45) is 0. The van der Waals surface area contributed by atoms with E-state index >= 15 is 0 Å². The number of hydrogen-bond acceptors (Lipinski definition) is 7. The molecule has 0 unspecified atom stereocenters. The van der Waals surface area contributed by atoms with Crippen LogP contribution in [0.25, 0.3) is 0 Å². The van der Waals surface area contributed by atoms with Crippen LogP contribution >= 0.6 is 11.3 Å². The van der Waals surface area contributed by atoms with E-state index in [4.69, 9.17) is 14.2 Å². The first-order chi connectivity index (χ1) is 11.3. The molecule has 2 rings (SSSR count). The smallest absolute Gasteiger partial charge is 0.340 e. The minimum atomic E-state index is -3.84. The number of methoxy groups -OCH3 is 3. The maximum absolute atomic E-state index is 12.5. The molecule has 0 fully saturated rings. The molecule has 0 aliphatic heterocycles. The van der Waals surface area contributed by atoms with Gasteiger partial charge < -0.3 is 14.2 Å². The van der Waals surface area contributed by atoms with Gasteiger partial charge in [-0.2, -0.15) is 0 Å². The zero-order chi connectivity index (χ0) is 17.9. The molecule has 0 bridgehead atoms. The van der Waals surface area contributed by atoms with Gasteiger partial charge in [-0.15, -0.1) is 11.3 Å². The molecule has 24 heavy (non-hydrogen) atoms. The highest BCUT2D eigenvalue weighted by Crippen LogP contribution is 2.35. The van der Waals surface area contributed by atoms with Crippen molar-refractivity contribution in [1.29, 1.82) is 0 Å². The third kappa shape index (κ3) is 3.62. The van der Waals surface area contributed by atoms with E-state index in [2.05, 4.69) is 4.72 Å². The van der Waals surface area contributed by atoms with Crippen LogP contribution in [0.5, 0.6) is 11.5 Å². The fourth-order valence-electron chi connectivity index (χ4n) is 1.99. The van der Waals surface area contributed by atoms with Gasteiger partial charge in [-0.3, -0.25) is 4.72 Å². The van der Waals surface area contributed by atoms with Gasteiger partial charge in [0.25, 0.3) is 10.0 Å². The maximum atomic E-state index is 12.5. The number of aryl methyl sites for hydroxylation is 1. The average Bonchev–Trinajstić information content (AvgIpc) is 3.00. The number of ether oxygens (including phenoxy) is 3. The summed E-state index contributed by atoms with van der Waals surface area (Å²) in [4.78, 5) is 12.8. The molecule has 0 saturated heterocycles. The van der Waals surface area contributed by atoms with E-state index < -0.39 is 16.0 Å². The first-order valence-corrected chi connectivity index (χ1v) is 9.06. The standard InChI is InChI=1S/C15H17NO6S2/c1-9-5-6-14(23-9)24(18,19)16-11-8-13(21-3)12(20-2)7-10(11)15(17)22-4/h5-8,16H,1-4H3. The van der Waals surface area contributed by atoms with Crippen LogP contribution in [-0.4, -0.2) is 35.7 Å². The highest BCUT2D eigenvalue weighted by molar-refractivity contribution is 7.94. The lowest BCUT2D eigenvalue weighted by molar-refractivity contribution is 0.0601. The van der Waals surface area contributed by atoms with Gasteiger partial charge >= 0.3 is 5.97 Å². The number of rotatable bonds is 6. The molecule has 1 heterocycles. The highest BCUT2D eigenvalue weighted by Gasteiger charge is 2.23. The van der Waals surface area contributed by atoms with Gasteiger partial charge in [-0.05, 0) is 19.1 Å². The van der Waals surface area contributed by atoms with E-state index in [0.29, 0.717) is 0 Å². The minimum absolute atomic E-state index is 0.0204. The van der Waals surface area contributed by atoms with Crippen molar-refractivity contribution in [1.82, 2.24) is 0 Å². The number of nitrogens with one attached hydrogen (secondary N) is 1. The molecular weight excluding hydrogens is 354 g/mol. The maximum Gasteiger partial charge on any atom is 0.340 e. The molecule has 0 aliphatic rings. The summed E-state index contributed by atoms with van der Waals surface area (Å²) in [7, 11) is 0.199. The summed E-state index contributed by atoms with van der Waals surface area (Å²) >= 11 is 1.13. The summed E-state index contributed by atoms with van der Waals surface area (Å²) in [5.74, 6) is -0.131. The van der Waals surface area contributed by atoms with E-state index in [1.807, 2.05) is 0 Å². The lowest BCUT2D eigenvalue weighted by Gasteiger charge is -2.15. The van der Waals surface area contributed by atoms with Crippen molar-refractivity contribution in [2.24, 2.45) is 0 Å². The van der Waals surface area contributed by atoms with Crippen molar-refractivity contribution in [2.75, 3.05) is 26.1 Å². The normalized spacial score (nSPS) is 11.0. The quantitative estimate of drug-likeness (QED) is 0.785. The largest absolute Gasteiger partial charge is 0.493 e.